The number of carbonyl (C=O) groups excluding carboxylic acids is 1. The number of urea groups is 1. The largest absolute Gasteiger partial charge is 0.438 e. The van der Waals surface area contributed by atoms with E-state index in [2.05, 4.69) is 10.3 Å². The van der Waals surface area contributed by atoms with Gasteiger partial charge in [0.1, 0.15) is 17.4 Å². The Hall–Kier alpha value is -3.38. The molecule has 7 heteroatoms. The second kappa shape index (κ2) is 8.04. The van der Waals surface area contributed by atoms with E-state index in [1.165, 1.54) is 12.1 Å². The Labute approximate surface area is 183 Å². The second-order valence-electron chi connectivity index (χ2n) is 7.53. The number of hydrogen-bond donors (Lipinski definition) is 1. The van der Waals surface area contributed by atoms with E-state index in [0.717, 1.165) is 24.0 Å². The number of nitrogens with zero attached hydrogens (tertiary/aromatic N) is 2. The highest BCUT2D eigenvalue weighted by molar-refractivity contribution is 6.30. The summed E-state index contributed by atoms with van der Waals surface area (Å²) in [5.74, 6) is 0.246. The van der Waals surface area contributed by atoms with Gasteiger partial charge in [0.25, 0.3) is 0 Å². The van der Waals surface area contributed by atoms with Crippen molar-refractivity contribution in [3.05, 3.63) is 83.5 Å². The van der Waals surface area contributed by atoms with Crippen LogP contribution in [0.1, 0.15) is 24.8 Å². The van der Waals surface area contributed by atoms with Gasteiger partial charge in [-0.3, -0.25) is 0 Å². The normalized spacial score (nSPS) is 16.1. The molecule has 1 aliphatic heterocycles. The van der Waals surface area contributed by atoms with Crippen molar-refractivity contribution in [3.63, 3.8) is 0 Å². The van der Waals surface area contributed by atoms with Crippen LogP contribution in [0.4, 0.5) is 14.9 Å². The lowest BCUT2D eigenvalue weighted by Gasteiger charge is -2.22. The van der Waals surface area contributed by atoms with Gasteiger partial charge < -0.3 is 14.6 Å². The van der Waals surface area contributed by atoms with E-state index in [4.69, 9.17) is 16.0 Å². The number of carbonyl (C=O) groups is 1. The van der Waals surface area contributed by atoms with Gasteiger partial charge in [-0.2, -0.15) is 0 Å². The Balaban J connectivity index is 1.40. The third-order valence-corrected chi connectivity index (χ3v) is 5.69. The van der Waals surface area contributed by atoms with Crippen molar-refractivity contribution in [2.24, 2.45) is 0 Å². The molecular formula is C24H19ClFN3O2. The summed E-state index contributed by atoms with van der Waals surface area (Å²) in [6.07, 6.45) is 1.65. The zero-order chi connectivity index (χ0) is 21.4. The van der Waals surface area contributed by atoms with Gasteiger partial charge in [-0.1, -0.05) is 35.9 Å². The molecule has 1 fully saturated rings. The SMILES string of the molecule is O=C(Nc1cccc(Cl)c1)N1CCCC1c1nc2cc(-c3ccc(F)cc3)ccc2o1. The fourth-order valence-electron chi connectivity index (χ4n) is 3.94. The van der Waals surface area contributed by atoms with Crippen molar-refractivity contribution in [2.45, 2.75) is 18.9 Å². The minimum absolute atomic E-state index is 0.209. The predicted octanol–water partition coefficient (Wildman–Crippen LogP) is 6.66. The molecular weight excluding hydrogens is 417 g/mol. The average Bonchev–Trinajstić information content (AvgIpc) is 3.40. The summed E-state index contributed by atoms with van der Waals surface area (Å²) >= 11 is 6.01. The molecule has 1 N–H and O–H groups in total. The standard InChI is InChI=1S/C24H19ClFN3O2/c25-17-3-1-4-19(14-17)27-24(30)29-12-2-5-21(29)23-28-20-13-16(8-11-22(20)31-23)15-6-9-18(26)10-7-15/h1,3-4,6-11,13-14,21H,2,5,12H2,(H,27,30). The number of oxazole rings is 1. The number of benzene rings is 3. The third-order valence-electron chi connectivity index (χ3n) is 5.46. The topological polar surface area (TPSA) is 58.4 Å². The van der Waals surface area contributed by atoms with Crippen LogP contribution in [0.15, 0.2) is 71.1 Å². The lowest BCUT2D eigenvalue weighted by atomic mass is 10.1. The molecule has 1 aromatic heterocycles. The van der Waals surface area contributed by atoms with Crippen molar-refractivity contribution < 1.29 is 13.6 Å². The van der Waals surface area contributed by atoms with Gasteiger partial charge in [0.05, 0.1) is 0 Å². The van der Waals surface area contributed by atoms with Crippen molar-refractivity contribution in [1.82, 2.24) is 9.88 Å². The Morgan fingerprint density at radius 1 is 1.10 bits per heavy atom. The van der Waals surface area contributed by atoms with Crippen LogP contribution in [0.2, 0.25) is 5.02 Å². The van der Waals surface area contributed by atoms with E-state index in [1.807, 2.05) is 18.2 Å². The maximum atomic E-state index is 13.2. The minimum Gasteiger partial charge on any atom is -0.438 e. The summed E-state index contributed by atoms with van der Waals surface area (Å²) in [5.41, 5.74) is 3.83. The summed E-state index contributed by atoms with van der Waals surface area (Å²) in [7, 11) is 0. The minimum atomic E-state index is -0.272. The number of aromatic nitrogens is 1. The van der Waals surface area contributed by atoms with Crippen LogP contribution in [-0.2, 0) is 0 Å². The summed E-state index contributed by atoms with van der Waals surface area (Å²) in [6.45, 7) is 0.622. The number of hydrogen-bond acceptors (Lipinski definition) is 3. The monoisotopic (exact) mass is 435 g/mol. The zero-order valence-corrected chi connectivity index (χ0v) is 17.3. The molecule has 1 unspecified atom stereocenters. The van der Waals surface area contributed by atoms with E-state index in [9.17, 15) is 9.18 Å². The molecule has 156 valence electrons. The number of fused-ring (bicyclic) bond motifs is 1. The van der Waals surface area contributed by atoms with Crippen molar-refractivity contribution in [1.29, 1.82) is 0 Å². The second-order valence-corrected chi connectivity index (χ2v) is 7.97. The molecule has 1 saturated heterocycles. The number of nitrogens with one attached hydrogen (secondary N) is 1. The molecule has 31 heavy (non-hydrogen) atoms. The first kappa shape index (κ1) is 19.6. The van der Waals surface area contributed by atoms with Gasteiger partial charge in [0, 0.05) is 17.3 Å². The molecule has 3 aromatic carbocycles. The fourth-order valence-corrected chi connectivity index (χ4v) is 4.13. The highest BCUT2D eigenvalue weighted by Gasteiger charge is 2.33. The number of halogens is 2. The van der Waals surface area contributed by atoms with Crippen LogP contribution in [0.3, 0.4) is 0 Å². The lowest BCUT2D eigenvalue weighted by Crippen LogP contribution is -2.34. The van der Waals surface area contributed by atoms with Crippen molar-refractivity contribution >= 4 is 34.4 Å². The number of anilines is 1. The molecule has 2 amide bonds. The molecule has 1 aliphatic rings. The Kier molecular flexibility index (Phi) is 5.08. The smallest absolute Gasteiger partial charge is 0.322 e. The van der Waals surface area contributed by atoms with Crippen molar-refractivity contribution in [2.75, 3.05) is 11.9 Å². The highest BCUT2D eigenvalue weighted by atomic mass is 35.5. The third kappa shape index (κ3) is 3.99. The van der Waals surface area contributed by atoms with Gasteiger partial charge in [0.15, 0.2) is 5.58 Å². The average molecular weight is 436 g/mol. The van der Waals surface area contributed by atoms with Crippen LogP contribution in [0.25, 0.3) is 22.2 Å². The molecule has 0 radical (unpaired) electrons. The molecule has 0 spiro atoms. The molecule has 0 saturated carbocycles. The Bertz CT molecular complexity index is 1260. The van der Waals surface area contributed by atoms with Crippen molar-refractivity contribution in [3.8, 4) is 11.1 Å². The lowest BCUT2D eigenvalue weighted by molar-refractivity contribution is 0.199. The Morgan fingerprint density at radius 3 is 2.71 bits per heavy atom. The zero-order valence-electron chi connectivity index (χ0n) is 16.5. The van der Waals surface area contributed by atoms with E-state index in [-0.39, 0.29) is 17.9 Å². The summed E-state index contributed by atoms with van der Waals surface area (Å²) < 4.78 is 19.2. The fraction of sp³-hybridized carbons (Fsp3) is 0.167. The predicted molar refractivity (Wildman–Crippen MR) is 119 cm³/mol. The van der Waals surface area contributed by atoms with Gasteiger partial charge in [0.2, 0.25) is 5.89 Å². The summed E-state index contributed by atoms with van der Waals surface area (Å²) in [5, 5.41) is 3.46. The number of amides is 2. The van der Waals surface area contributed by atoms with Gasteiger partial charge in [-0.15, -0.1) is 0 Å². The molecule has 0 bridgehead atoms. The van der Waals surface area contributed by atoms with E-state index < -0.39 is 0 Å². The molecule has 0 aliphatic carbocycles. The molecule has 2 heterocycles. The van der Waals surface area contributed by atoms with Crippen LogP contribution in [0.5, 0.6) is 0 Å². The van der Waals surface area contributed by atoms with E-state index in [0.29, 0.717) is 34.2 Å². The summed E-state index contributed by atoms with van der Waals surface area (Å²) in [6, 6.07) is 18.6. The number of likely N-dealkylation sites (tertiary alicyclic amines) is 1. The van der Waals surface area contributed by atoms with Crippen LogP contribution < -0.4 is 5.32 Å². The molecule has 5 nitrogen and oxygen atoms in total. The first-order chi connectivity index (χ1) is 15.1. The van der Waals surface area contributed by atoms with Crippen LogP contribution >= 0.6 is 11.6 Å². The van der Waals surface area contributed by atoms with Crippen LogP contribution in [-0.4, -0.2) is 22.5 Å². The maximum Gasteiger partial charge on any atom is 0.322 e. The number of rotatable bonds is 3. The first-order valence-corrected chi connectivity index (χ1v) is 10.4. The molecule has 5 rings (SSSR count). The van der Waals surface area contributed by atoms with Gasteiger partial charge in [-0.05, 0) is 66.4 Å². The van der Waals surface area contributed by atoms with Crippen LogP contribution in [0, 0.1) is 5.82 Å². The maximum absolute atomic E-state index is 13.2. The van der Waals surface area contributed by atoms with Gasteiger partial charge in [-0.25, -0.2) is 14.2 Å². The Morgan fingerprint density at radius 2 is 1.90 bits per heavy atom. The highest BCUT2D eigenvalue weighted by Crippen LogP contribution is 2.35. The quantitative estimate of drug-likeness (QED) is 0.391. The first-order valence-electron chi connectivity index (χ1n) is 10.1. The van der Waals surface area contributed by atoms with Gasteiger partial charge >= 0.3 is 6.03 Å². The summed E-state index contributed by atoms with van der Waals surface area (Å²) in [4.78, 5) is 19.3. The van der Waals surface area contributed by atoms with E-state index >= 15 is 0 Å². The molecule has 1 atom stereocenters. The molecule has 4 aromatic rings. The van der Waals surface area contributed by atoms with E-state index in [1.54, 1.807) is 41.3 Å².